The number of rotatable bonds is 5. The highest BCUT2D eigenvalue weighted by atomic mass is 16.5. The summed E-state index contributed by atoms with van der Waals surface area (Å²) in [5, 5.41) is 8.90. The van der Waals surface area contributed by atoms with Gasteiger partial charge in [0.05, 0.1) is 30.7 Å². The predicted octanol–water partition coefficient (Wildman–Crippen LogP) is 5.57. The van der Waals surface area contributed by atoms with Gasteiger partial charge in [-0.2, -0.15) is 5.26 Å². The average Bonchev–Trinajstić information content (AvgIpc) is 3.16. The standard InChI is InChI=1S/C24H19N3O/c1-18-4-2-3-5-23(18)21-10-6-20(7-11-21)16-27-17-26-15-24(27)28-22-12-8-19(14-25)9-13-22/h2-13,15,17H,16H2,1H3. The van der Waals surface area contributed by atoms with Gasteiger partial charge in [-0.05, 0) is 53.4 Å². The van der Waals surface area contributed by atoms with Crippen molar-refractivity contribution in [3.05, 3.63) is 102 Å². The van der Waals surface area contributed by atoms with E-state index >= 15 is 0 Å². The molecule has 0 aliphatic heterocycles. The minimum absolute atomic E-state index is 0.606. The molecule has 1 aromatic heterocycles. The van der Waals surface area contributed by atoms with Crippen molar-refractivity contribution in [1.82, 2.24) is 9.55 Å². The molecule has 0 atom stereocenters. The maximum Gasteiger partial charge on any atom is 0.219 e. The summed E-state index contributed by atoms with van der Waals surface area (Å²) in [6.07, 6.45) is 3.45. The van der Waals surface area contributed by atoms with Gasteiger partial charge in [0.2, 0.25) is 5.88 Å². The largest absolute Gasteiger partial charge is 0.439 e. The SMILES string of the molecule is Cc1ccccc1-c1ccc(Cn2cncc2Oc2ccc(C#N)cc2)cc1. The van der Waals surface area contributed by atoms with E-state index in [2.05, 4.69) is 66.5 Å². The molecule has 0 saturated carbocycles. The molecule has 0 fully saturated rings. The molecule has 0 radical (unpaired) electrons. The van der Waals surface area contributed by atoms with Crippen LogP contribution in [0.4, 0.5) is 0 Å². The molecular weight excluding hydrogens is 346 g/mol. The Bertz CT molecular complexity index is 1120. The summed E-state index contributed by atoms with van der Waals surface area (Å²) in [7, 11) is 0. The molecule has 28 heavy (non-hydrogen) atoms. The minimum atomic E-state index is 0.606. The molecule has 4 aromatic rings. The van der Waals surface area contributed by atoms with Crippen LogP contribution in [0.15, 0.2) is 85.3 Å². The number of aryl methyl sites for hydroxylation is 1. The summed E-state index contributed by atoms with van der Waals surface area (Å²) in [6, 6.07) is 26.1. The lowest BCUT2D eigenvalue weighted by Crippen LogP contribution is -2.00. The van der Waals surface area contributed by atoms with Crippen LogP contribution in [-0.2, 0) is 6.54 Å². The number of hydrogen-bond donors (Lipinski definition) is 0. The van der Waals surface area contributed by atoms with Crippen LogP contribution >= 0.6 is 0 Å². The lowest BCUT2D eigenvalue weighted by molar-refractivity contribution is 0.436. The van der Waals surface area contributed by atoms with Crippen LogP contribution in [0.3, 0.4) is 0 Å². The number of nitriles is 1. The Morgan fingerprint density at radius 3 is 2.43 bits per heavy atom. The second-order valence-electron chi connectivity index (χ2n) is 6.61. The molecule has 0 aliphatic carbocycles. The topological polar surface area (TPSA) is 50.8 Å². The molecule has 0 bridgehead atoms. The van der Waals surface area contributed by atoms with E-state index in [-0.39, 0.29) is 0 Å². The van der Waals surface area contributed by atoms with Gasteiger partial charge in [0, 0.05) is 0 Å². The zero-order valence-corrected chi connectivity index (χ0v) is 15.5. The van der Waals surface area contributed by atoms with Crippen LogP contribution in [0.5, 0.6) is 11.6 Å². The molecule has 4 heteroatoms. The molecule has 1 heterocycles. The Kier molecular flexibility index (Phi) is 4.90. The van der Waals surface area contributed by atoms with E-state index in [0.29, 0.717) is 23.7 Å². The van der Waals surface area contributed by atoms with Crippen molar-refractivity contribution < 1.29 is 4.74 Å². The van der Waals surface area contributed by atoms with Gasteiger partial charge in [0.1, 0.15) is 5.75 Å². The first-order valence-corrected chi connectivity index (χ1v) is 9.06. The van der Waals surface area contributed by atoms with Crippen molar-refractivity contribution in [3.63, 3.8) is 0 Å². The summed E-state index contributed by atoms with van der Waals surface area (Å²) in [5.74, 6) is 1.34. The van der Waals surface area contributed by atoms with E-state index in [0.717, 1.165) is 0 Å². The van der Waals surface area contributed by atoms with Gasteiger partial charge in [-0.25, -0.2) is 4.98 Å². The van der Waals surface area contributed by atoms with Gasteiger partial charge in [0.25, 0.3) is 0 Å². The van der Waals surface area contributed by atoms with E-state index < -0.39 is 0 Å². The van der Waals surface area contributed by atoms with E-state index in [1.807, 2.05) is 4.57 Å². The summed E-state index contributed by atoms with van der Waals surface area (Å²) >= 11 is 0. The maximum atomic E-state index is 8.90. The van der Waals surface area contributed by atoms with Gasteiger partial charge < -0.3 is 4.74 Å². The number of imidazole rings is 1. The van der Waals surface area contributed by atoms with Crippen LogP contribution in [0.25, 0.3) is 11.1 Å². The number of ether oxygens (including phenoxy) is 1. The molecule has 136 valence electrons. The summed E-state index contributed by atoms with van der Waals surface area (Å²) in [4.78, 5) is 4.21. The average molecular weight is 365 g/mol. The van der Waals surface area contributed by atoms with Crippen molar-refractivity contribution in [2.45, 2.75) is 13.5 Å². The highest BCUT2D eigenvalue weighted by molar-refractivity contribution is 5.67. The maximum absolute atomic E-state index is 8.90. The Morgan fingerprint density at radius 1 is 0.964 bits per heavy atom. The molecule has 3 aromatic carbocycles. The summed E-state index contributed by atoms with van der Waals surface area (Å²) in [5.41, 5.74) is 5.50. The zero-order chi connectivity index (χ0) is 19.3. The third kappa shape index (κ3) is 3.79. The lowest BCUT2D eigenvalue weighted by atomic mass is 10.00. The quantitative estimate of drug-likeness (QED) is 0.464. The van der Waals surface area contributed by atoms with Crippen molar-refractivity contribution in [2.75, 3.05) is 0 Å². The van der Waals surface area contributed by atoms with Crippen molar-refractivity contribution in [2.24, 2.45) is 0 Å². The van der Waals surface area contributed by atoms with Gasteiger partial charge in [-0.15, -0.1) is 0 Å². The highest BCUT2D eigenvalue weighted by Crippen LogP contribution is 2.25. The zero-order valence-electron chi connectivity index (χ0n) is 15.5. The molecule has 0 amide bonds. The molecule has 4 rings (SSSR count). The van der Waals surface area contributed by atoms with Crippen LogP contribution in [0.1, 0.15) is 16.7 Å². The summed E-state index contributed by atoms with van der Waals surface area (Å²) < 4.78 is 7.88. The Labute approximate surface area is 164 Å². The first-order valence-electron chi connectivity index (χ1n) is 9.06. The fourth-order valence-electron chi connectivity index (χ4n) is 3.11. The molecule has 0 aliphatic rings. The van der Waals surface area contributed by atoms with Crippen LogP contribution in [-0.4, -0.2) is 9.55 Å². The Hall–Kier alpha value is -3.84. The van der Waals surface area contributed by atoms with Crippen molar-refractivity contribution in [1.29, 1.82) is 5.26 Å². The molecular formula is C24H19N3O. The first kappa shape index (κ1) is 17.6. The van der Waals surface area contributed by atoms with E-state index in [9.17, 15) is 0 Å². The third-order valence-electron chi connectivity index (χ3n) is 4.64. The lowest BCUT2D eigenvalue weighted by Gasteiger charge is -2.11. The van der Waals surface area contributed by atoms with Crippen LogP contribution in [0.2, 0.25) is 0 Å². The summed E-state index contributed by atoms with van der Waals surface area (Å²) in [6.45, 7) is 2.79. The van der Waals surface area contributed by atoms with E-state index in [4.69, 9.17) is 10.00 Å². The number of hydrogen-bond acceptors (Lipinski definition) is 3. The monoisotopic (exact) mass is 365 g/mol. The highest BCUT2D eigenvalue weighted by Gasteiger charge is 2.07. The first-order chi connectivity index (χ1) is 13.7. The van der Waals surface area contributed by atoms with Gasteiger partial charge in [0.15, 0.2) is 0 Å². The van der Waals surface area contributed by atoms with Gasteiger partial charge in [-0.3, -0.25) is 4.57 Å². The number of aromatic nitrogens is 2. The smallest absolute Gasteiger partial charge is 0.219 e. The molecule has 0 saturated heterocycles. The normalized spacial score (nSPS) is 10.4. The fourth-order valence-corrected chi connectivity index (χ4v) is 3.11. The minimum Gasteiger partial charge on any atom is -0.439 e. The molecule has 0 N–H and O–H groups in total. The Morgan fingerprint density at radius 2 is 1.71 bits per heavy atom. The van der Waals surface area contributed by atoms with Crippen molar-refractivity contribution in [3.8, 4) is 28.8 Å². The number of benzene rings is 3. The fraction of sp³-hybridized carbons (Fsp3) is 0.0833. The molecule has 0 spiro atoms. The predicted molar refractivity (Wildman–Crippen MR) is 109 cm³/mol. The Balaban J connectivity index is 1.50. The van der Waals surface area contributed by atoms with E-state index in [1.165, 1.54) is 22.3 Å². The van der Waals surface area contributed by atoms with E-state index in [1.54, 1.807) is 36.8 Å². The second-order valence-corrected chi connectivity index (χ2v) is 6.61. The van der Waals surface area contributed by atoms with Crippen LogP contribution in [0, 0.1) is 18.3 Å². The van der Waals surface area contributed by atoms with Gasteiger partial charge >= 0.3 is 0 Å². The molecule has 4 nitrogen and oxygen atoms in total. The second kappa shape index (κ2) is 7.81. The van der Waals surface area contributed by atoms with Crippen molar-refractivity contribution >= 4 is 0 Å². The third-order valence-corrected chi connectivity index (χ3v) is 4.64. The van der Waals surface area contributed by atoms with Gasteiger partial charge in [-0.1, -0.05) is 48.5 Å². The van der Waals surface area contributed by atoms with Crippen LogP contribution < -0.4 is 4.74 Å². The molecule has 0 unspecified atom stereocenters. The number of nitrogens with zero attached hydrogens (tertiary/aromatic N) is 3.